The summed E-state index contributed by atoms with van der Waals surface area (Å²) in [6, 6.07) is 16.1. The molecule has 0 aromatic heterocycles. The predicted molar refractivity (Wildman–Crippen MR) is 183 cm³/mol. The van der Waals surface area contributed by atoms with Crippen molar-refractivity contribution in [3.05, 3.63) is 84.5 Å². The molecule has 2 aromatic carbocycles. The van der Waals surface area contributed by atoms with Crippen LogP contribution in [0.3, 0.4) is 0 Å². The fourth-order valence-corrected chi connectivity index (χ4v) is 8.34. The number of likely N-dealkylation sites (tertiary alicyclic amines) is 1. The van der Waals surface area contributed by atoms with Crippen LogP contribution in [0.4, 0.5) is 11.4 Å². The molecule has 6 rings (SSSR count). The minimum Gasteiger partial charge on any atom is -0.394 e. The number of fused-ring (bicyclic) bond motifs is 2. The first kappa shape index (κ1) is 33.0. The molecule has 0 aliphatic carbocycles. The fourth-order valence-electron chi connectivity index (χ4n) is 8.34. The molecule has 6 atom stereocenters. The molecular formula is C38H48N4O5. The molecule has 9 heteroatoms. The topological polar surface area (TPSA) is 93.6 Å². The SMILES string of the molecule is CCN(CC)c1ccc(N2CC=C[C@]34O[C@@]5(CC)C=CCN(Cc6ccccc6)C(=O)[C@H]5[C@H]3C(=O)N([C@@H](CO)C(C)C)C4C2=O)cc1. The molecular weight excluding hydrogens is 592 g/mol. The molecule has 1 spiro atoms. The van der Waals surface area contributed by atoms with Gasteiger partial charge in [0.05, 0.1) is 30.1 Å². The van der Waals surface area contributed by atoms with E-state index < -0.39 is 35.1 Å². The molecule has 0 saturated carbocycles. The van der Waals surface area contributed by atoms with Crippen LogP contribution in [0.5, 0.6) is 0 Å². The summed E-state index contributed by atoms with van der Waals surface area (Å²) in [6.45, 7) is 12.6. The maximum Gasteiger partial charge on any atom is 0.253 e. The fraction of sp³-hybridized carbons (Fsp3) is 0.500. The maximum atomic E-state index is 15.0. The molecule has 1 unspecified atom stereocenters. The minimum absolute atomic E-state index is 0.142. The summed E-state index contributed by atoms with van der Waals surface area (Å²) in [5.74, 6) is -2.66. The summed E-state index contributed by atoms with van der Waals surface area (Å²) in [5.41, 5.74) is 0.334. The summed E-state index contributed by atoms with van der Waals surface area (Å²) < 4.78 is 7.14. The molecule has 1 N–H and O–H groups in total. The number of hydrogen-bond donors (Lipinski definition) is 1. The van der Waals surface area contributed by atoms with Crippen LogP contribution >= 0.6 is 0 Å². The largest absolute Gasteiger partial charge is 0.394 e. The van der Waals surface area contributed by atoms with Crippen molar-refractivity contribution < 1.29 is 24.2 Å². The highest BCUT2D eigenvalue weighted by Crippen LogP contribution is 2.59. The third-order valence-electron chi connectivity index (χ3n) is 10.8. The van der Waals surface area contributed by atoms with E-state index in [2.05, 4.69) is 18.7 Å². The number of carbonyl (C=O) groups is 3. The number of aliphatic hydroxyl groups is 1. The van der Waals surface area contributed by atoms with Crippen molar-refractivity contribution in [3.63, 3.8) is 0 Å². The molecule has 0 bridgehead atoms. The van der Waals surface area contributed by atoms with E-state index in [4.69, 9.17) is 4.74 Å². The monoisotopic (exact) mass is 640 g/mol. The van der Waals surface area contributed by atoms with Crippen LogP contribution in [0.15, 0.2) is 78.9 Å². The lowest BCUT2D eigenvalue weighted by Gasteiger charge is -2.41. The second-order valence-corrected chi connectivity index (χ2v) is 13.5. The van der Waals surface area contributed by atoms with Gasteiger partial charge in [0.2, 0.25) is 11.8 Å². The normalized spacial score (nSPS) is 29.1. The second kappa shape index (κ2) is 12.9. The van der Waals surface area contributed by atoms with E-state index in [0.717, 1.165) is 30.0 Å². The standard InChI is InChI=1S/C38H48N4O5/c1-6-37-20-12-22-40(24-27-14-10-9-11-15-27)34(44)31(37)32-35(45)42(30(25-43)26(4)5)33-36(46)41(23-13-21-38(32,33)47-37)29-18-16-28(17-19-29)39(7-2)8-3/h9-21,26,30-33,43H,6-8,22-25H2,1-5H3/t30-,31+,32-,33?,37-,38-/m0/s1. The zero-order valence-corrected chi connectivity index (χ0v) is 28.2. The van der Waals surface area contributed by atoms with Gasteiger partial charge in [-0.1, -0.05) is 75.4 Å². The van der Waals surface area contributed by atoms with Gasteiger partial charge in [-0.3, -0.25) is 14.4 Å². The zero-order valence-electron chi connectivity index (χ0n) is 28.2. The first-order valence-corrected chi connectivity index (χ1v) is 17.1. The van der Waals surface area contributed by atoms with Crippen molar-refractivity contribution >= 4 is 29.1 Å². The Labute approximate surface area is 278 Å². The van der Waals surface area contributed by atoms with Crippen molar-refractivity contribution in [2.75, 3.05) is 42.6 Å². The van der Waals surface area contributed by atoms with Crippen LogP contribution in [0, 0.1) is 17.8 Å². The molecule has 4 aliphatic heterocycles. The molecule has 2 saturated heterocycles. The van der Waals surface area contributed by atoms with Gasteiger partial charge in [0.15, 0.2) is 0 Å². The quantitative estimate of drug-likeness (QED) is 0.387. The molecule has 0 radical (unpaired) electrons. The maximum absolute atomic E-state index is 15.0. The smallest absolute Gasteiger partial charge is 0.253 e. The number of hydrogen-bond acceptors (Lipinski definition) is 6. The number of aliphatic hydroxyl groups excluding tert-OH is 1. The molecule has 9 nitrogen and oxygen atoms in total. The third kappa shape index (κ3) is 5.28. The highest BCUT2D eigenvalue weighted by atomic mass is 16.5. The Hall–Kier alpha value is -3.95. The number of benzene rings is 2. The van der Waals surface area contributed by atoms with Crippen molar-refractivity contribution in [2.24, 2.45) is 17.8 Å². The van der Waals surface area contributed by atoms with Crippen LogP contribution in [0.25, 0.3) is 0 Å². The van der Waals surface area contributed by atoms with Gasteiger partial charge in [-0.25, -0.2) is 0 Å². The summed E-state index contributed by atoms with van der Waals surface area (Å²) in [4.78, 5) is 51.8. The van der Waals surface area contributed by atoms with Crippen molar-refractivity contribution in [1.82, 2.24) is 9.80 Å². The van der Waals surface area contributed by atoms with Gasteiger partial charge in [-0.2, -0.15) is 0 Å². The summed E-state index contributed by atoms with van der Waals surface area (Å²) in [6.07, 6.45) is 8.18. The molecule has 250 valence electrons. The Morgan fingerprint density at radius 1 is 0.872 bits per heavy atom. The van der Waals surface area contributed by atoms with Crippen LogP contribution in [-0.4, -0.2) is 88.7 Å². The van der Waals surface area contributed by atoms with Crippen molar-refractivity contribution in [1.29, 1.82) is 0 Å². The van der Waals surface area contributed by atoms with E-state index in [0.29, 0.717) is 26.1 Å². The van der Waals surface area contributed by atoms with Gasteiger partial charge < -0.3 is 29.4 Å². The Morgan fingerprint density at radius 2 is 1.55 bits per heavy atom. The molecule has 4 aliphatic rings. The van der Waals surface area contributed by atoms with Gasteiger partial charge in [0.1, 0.15) is 11.6 Å². The summed E-state index contributed by atoms with van der Waals surface area (Å²) in [7, 11) is 0. The van der Waals surface area contributed by atoms with Gasteiger partial charge in [-0.15, -0.1) is 0 Å². The van der Waals surface area contributed by atoms with E-state index in [9.17, 15) is 19.5 Å². The van der Waals surface area contributed by atoms with Crippen LogP contribution in [-0.2, 0) is 25.7 Å². The van der Waals surface area contributed by atoms with Gasteiger partial charge >= 0.3 is 0 Å². The zero-order chi connectivity index (χ0) is 33.5. The van der Waals surface area contributed by atoms with E-state index in [1.807, 2.05) is 99.7 Å². The number of rotatable bonds is 10. The summed E-state index contributed by atoms with van der Waals surface area (Å²) >= 11 is 0. The van der Waals surface area contributed by atoms with Crippen molar-refractivity contribution in [3.8, 4) is 0 Å². The van der Waals surface area contributed by atoms with Crippen LogP contribution in [0.1, 0.15) is 46.6 Å². The lowest BCUT2D eigenvalue weighted by atomic mass is 9.73. The number of amides is 3. The average molecular weight is 641 g/mol. The highest BCUT2D eigenvalue weighted by Gasteiger charge is 2.76. The summed E-state index contributed by atoms with van der Waals surface area (Å²) in [5, 5.41) is 10.7. The van der Waals surface area contributed by atoms with Gasteiger partial charge in [0.25, 0.3) is 5.91 Å². The van der Waals surface area contributed by atoms with E-state index in [1.165, 1.54) is 0 Å². The number of ether oxygens (including phenoxy) is 1. The molecule has 4 heterocycles. The predicted octanol–water partition coefficient (Wildman–Crippen LogP) is 4.41. The average Bonchev–Trinajstić information content (AvgIpc) is 3.37. The number of nitrogens with zero attached hydrogens (tertiary/aromatic N) is 4. The number of carbonyl (C=O) groups excluding carboxylic acids is 3. The third-order valence-corrected chi connectivity index (χ3v) is 10.8. The van der Waals surface area contributed by atoms with E-state index in [1.54, 1.807) is 14.7 Å². The van der Waals surface area contributed by atoms with Gasteiger partial charge in [-0.05, 0) is 56.0 Å². The lowest BCUT2D eigenvalue weighted by molar-refractivity contribution is -0.153. The molecule has 2 fully saturated rings. The number of anilines is 2. The Kier molecular flexibility index (Phi) is 9.06. The molecule has 3 amide bonds. The Balaban J connectivity index is 1.45. The van der Waals surface area contributed by atoms with E-state index >= 15 is 0 Å². The highest BCUT2D eigenvalue weighted by molar-refractivity contribution is 6.06. The van der Waals surface area contributed by atoms with Gasteiger partial charge in [0, 0.05) is 44.1 Å². The lowest BCUT2D eigenvalue weighted by Crippen LogP contribution is -2.60. The van der Waals surface area contributed by atoms with E-state index in [-0.39, 0.29) is 30.2 Å². The Morgan fingerprint density at radius 3 is 2.17 bits per heavy atom. The first-order valence-electron chi connectivity index (χ1n) is 17.1. The minimum atomic E-state index is -1.39. The second-order valence-electron chi connectivity index (χ2n) is 13.5. The first-order chi connectivity index (χ1) is 22.7. The molecule has 47 heavy (non-hydrogen) atoms. The van der Waals surface area contributed by atoms with Crippen LogP contribution in [0.2, 0.25) is 0 Å². The Bertz CT molecular complexity index is 1540. The molecule has 2 aromatic rings. The van der Waals surface area contributed by atoms with Crippen molar-refractivity contribution in [2.45, 2.75) is 70.9 Å². The van der Waals surface area contributed by atoms with Crippen LogP contribution < -0.4 is 9.80 Å².